The normalized spacial score (nSPS) is 35.4. The number of hydrogen-bond donors (Lipinski definition) is 1. The summed E-state index contributed by atoms with van der Waals surface area (Å²) in [5.41, 5.74) is 0. The summed E-state index contributed by atoms with van der Waals surface area (Å²) in [6.07, 6.45) is 5.70. The molecule has 1 N–H and O–H groups in total. The summed E-state index contributed by atoms with van der Waals surface area (Å²) in [5, 5.41) is 2.87. The molecule has 0 aromatic heterocycles. The molecule has 0 bridgehead atoms. The van der Waals surface area contributed by atoms with Gasteiger partial charge in [0.05, 0.1) is 0 Å². The highest BCUT2D eigenvalue weighted by Crippen LogP contribution is 2.32. The van der Waals surface area contributed by atoms with Gasteiger partial charge in [0.25, 0.3) is 0 Å². The molecule has 114 valence electrons. The third kappa shape index (κ3) is 2.84. The zero-order valence-corrected chi connectivity index (χ0v) is 13.2. The minimum absolute atomic E-state index is 0.000847. The lowest BCUT2D eigenvalue weighted by molar-refractivity contribution is -0.153. The molecule has 2 fully saturated rings. The van der Waals surface area contributed by atoms with E-state index in [1.165, 1.54) is 19.3 Å². The Kier molecular flexibility index (Phi) is 4.71. The zero-order chi connectivity index (χ0) is 14.9. The van der Waals surface area contributed by atoms with E-state index in [9.17, 15) is 9.59 Å². The lowest BCUT2D eigenvalue weighted by atomic mass is 9.82. The SMILES string of the molecule is CCC1CCC(N2C(=O)C(C(C)C)NC(=O)C2C)CC1. The van der Waals surface area contributed by atoms with Crippen molar-refractivity contribution in [1.29, 1.82) is 0 Å². The van der Waals surface area contributed by atoms with Crippen LogP contribution in [0.5, 0.6) is 0 Å². The molecule has 2 atom stereocenters. The number of nitrogens with zero attached hydrogens (tertiary/aromatic N) is 1. The van der Waals surface area contributed by atoms with Gasteiger partial charge in [-0.1, -0.05) is 27.2 Å². The van der Waals surface area contributed by atoms with Gasteiger partial charge in [0, 0.05) is 6.04 Å². The molecule has 20 heavy (non-hydrogen) atoms. The highest BCUT2D eigenvalue weighted by atomic mass is 16.2. The maximum absolute atomic E-state index is 12.7. The van der Waals surface area contributed by atoms with Crippen LogP contribution in [0.3, 0.4) is 0 Å². The minimum Gasteiger partial charge on any atom is -0.342 e. The van der Waals surface area contributed by atoms with Gasteiger partial charge in [0.15, 0.2) is 0 Å². The van der Waals surface area contributed by atoms with Gasteiger partial charge in [-0.25, -0.2) is 0 Å². The third-order valence-corrected chi connectivity index (χ3v) is 5.07. The summed E-state index contributed by atoms with van der Waals surface area (Å²) >= 11 is 0. The Bertz CT molecular complexity index is 373. The van der Waals surface area contributed by atoms with Crippen molar-refractivity contribution in [3.8, 4) is 0 Å². The molecule has 0 spiro atoms. The molecule has 0 aromatic carbocycles. The van der Waals surface area contributed by atoms with E-state index in [4.69, 9.17) is 0 Å². The zero-order valence-electron chi connectivity index (χ0n) is 13.2. The Balaban J connectivity index is 2.11. The molecular weight excluding hydrogens is 252 g/mol. The molecule has 4 heteroatoms. The van der Waals surface area contributed by atoms with Crippen molar-refractivity contribution < 1.29 is 9.59 Å². The van der Waals surface area contributed by atoms with E-state index in [0.29, 0.717) is 0 Å². The topological polar surface area (TPSA) is 49.4 Å². The molecule has 1 aliphatic carbocycles. The fourth-order valence-corrected chi connectivity index (χ4v) is 3.59. The van der Waals surface area contributed by atoms with Gasteiger partial charge in [-0.3, -0.25) is 9.59 Å². The number of piperazine rings is 1. The first-order chi connectivity index (χ1) is 9.45. The van der Waals surface area contributed by atoms with E-state index in [-0.39, 0.29) is 35.9 Å². The van der Waals surface area contributed by atoms with Gasteiger partial charge in [-0.15, -0.1) is 0 Å². The first-order valence-electron chi connectivity index (χ1n) is 8.08. The van der Waals surface area contributed by atoms with Crippen LogP contribution < -0.4 is 5.32 Å². The number of nitrogens with one attached hydrogen (secondary N) is 1. The van der Waals surface area contributed by atoms with E-state index in [0.717, 1.165) is 18.8 Å². The number of rotatable bonds is 3. The van der Waals surface area contributed by atoms with Crippen LogP contribution in [-0.4, -0.2) is 34.8 Å². The standard InChI is InChI=1S/C16H28N2O2/c1-5-12-6-8-13(9-7-12)18-11(4)15(19)17-14(10(2)3)16(18)20/h10-14H,5-9H2,1-4H3,(H,17,19). The molecular formula is C16H28N2O2. The summed E-state index contributed by atoms with van der Waals surface area (Å²) in [6, 6.07) is -0.407. The Morgan fingerprint density at radius 3 is 2.30 bits per heavy atom. The first kappa shape index (κ1) is 15.3. The molecule has 2 rings (SSSR count). The number of hydrogen-bond acceptors (Lipinski definition) is 2. The minimum atomic E-state index is -0.345. The van der Waals surface area contributed by atoms with Gasteiger partial charge in [-0.2, -0.15) is 0 Å². The Morgan fingerprint density at radius 1 is 1.20 bits per heavy atom. The second kappa shape index (κ2) is 6.15. The average Bonchev–Trinajstić information content (AvgIpc) is 2.43. The van der Waals surface area contributed by atoms with E-state index in [2.05, 4.69) is 12.2 Å². The first-order valence-corrected chi connectivity index (χ1v) is 8.08. The Morgan fingerprint density at radius 2 is 1.80 bits per heavy atom. The highest BCUT2D eigenvalue weighted by Gasteiger charge is 2.43. The van der Waals surface area contributed by atoms with Crippen LogP contribution in [0.25, 0.3) is 0 Å². The Hall–Kier alpha value is -1.06. The number of carbonyl (C=O) groups is 2. The number of amides is 2. The molecule has 1 saturated heterocycles. The van der Waals surface area contributed by atoms with Gasteiger partial charge in [0.1, 0.15) is 12.1 Å². The van der Waals surface area contributed by atoms with E-state index in [1.807, 2.05) is 25.7 Å². The maximum Gasteiger partial charge on any atom is 0.246 e. The second-order valence-corrected chi connectivity index (χ2v) is 6.73. The molecule has 2 unspecified atom stereocenters. The lowest BCUT2D eigenvalue weighted by Crippen LogP contribution is -2.66. The Labute approximate surface area is 122 Å². The van der Waals surface area contributed by atoms with E-state index in [1.54, 1.807) is 0 Å². The smallest absolute Gasteiger partial charge is 0.246 e. The molecule has 0 radical (unpaired) electrons. The largest absolute Gasteiger partial charge is 0.342 e. The van der Waals surface area contributed by atoms with Crippen LogP contribution >= 0.6 is 0 Å². The molecule has 2 aliphatic rings. The van der Waals surface area contributed by atoms with Crippen LogP contribution in [0.1, 0.15) is 59.8 Å². The average molecular weight is 280 g/mol. The maximum atomic E-state index is 12.7. The summed E-state index contributed by atoms with van der Waals surface area (Å²) in [4.78, 5) is 26.7. The van der Waals surface area contributed by atoms with Crippen LogP contribution in [0, 0.1) is 11.8 Å². The summed E-state index contributed by atoms with van der Waals surface area (Å²) < 4.78 is 0. The quantitative estimate of drug-likeness (QED) is 0.862. The fourth-order valence-electron chi connectivity index (χ4n) is 3.59. The van der Waals surface area contributed by atoms with Crippen molar-refractivity contribution in [3.63, 3.8) is 0 Å². The van der Waals surface area contributed by atoms with Crippen LogP contribution in [-0.2, 0) is 9.59 Å². The van der Waals surface area contributed by atoms with Crippen molar-refractivity contribution in [2.24, 2.45) is 11.8 Å². The molecule has 1 heterocycles. The van der Waals surface area contributed by atoms with Crippen molar-refractivity contribution in [1.82, 2.24) is 10.2 Å². The second-order valence-electron chi connectivity index (χ2n) is 6.73. The monoisotopic (exact) mass is 280 g/mol. The van der Waals surface area contributed by atoms with Crippen LogP contribution in [0.15, 0.2) is 0 Å². The summed E-state index contributed by atoms with van der Waals surface area (Å²) in [7, 11) is 0. The van der Waals surface area contributed by atoms with Gasteiger partial charge >= 0.3 is 0 Å². The molecule has 2 amide bonds. The third-order valence-electron chi connectivity index (χ3n) is 5.07. The summed E-state index contributed by atoms with van der Waals surface area (Å²) in [5.74, 6) is 1.07. The lowest BCUT2D eigenvalue weighted by Gasteiger charge is -2.45. The van der Waals surface area contributed by atoms with Crippen molar-refractivity contribution in [2.45, 2.75) is 77.9 Å². The van der Waals surface area contributed by atoms with Crippen LogP contribution in [0.4, 0.5) is 0 Å². The van der Waals surface area contributed by atoms with Crippen molar-refractivity contribution >= 4 is 11.8 Å². The number of carbonyl (C=O) groups excluding carboxylic acids is 2. The molecule has 0 aromatic rings. The van der Waals surface area contributed by atoms with Crippen molar-refractivity contribution in [3.05, 3.63) is 0 Å². The fraction of sp³-hybridized carbons (Fsp3) is 0.875. The molecule has 1 saturated carbocycles. The predicted molar refractivity (Wildman–Crippen MR) is 79.1 cm³/mol. The van der Waals surface area contributed by atoms with Gasteiger partial charge < -0.3 is 10.2 Å². The highest BCUT2D eigenvalue weighted by molar-refractivity contribution is 5.97. The van der Waals surface area contributed by atoms with E-state index < -0.39 is 0 Å². The molecule has 4 nitrogen and oxygen atoms in total. The van der Waals surface area contributed by atoms with Crippen LogP contribution in [0.2, 0.25) is 0 Å². The predicted octanol–water partition coefficient (Wildman–Crippen LogP) is 2.33. The molecule has 1 aliphatic heterocycles. The van der Waals surface area contributed by atoms with Crippen molar-refractivity contribution in [2.75, 3.05) is 0 Å². The van der Waals surface area contributed by atoms with Gasteiger partial charge in [0.2, 0.25) is 11.8 Å². The summed E-state index contributed by atoms with van der Waals surface area (Å²) in [6.45, 7) is 8.08. The van der Waals surface area contributed by atoms with E-state index >= 15 is 0 Å². The van der Waals surface area contributed by atoms with Gasteiger partial charge in [-0.05, 0) is 44.4 Å².